The lowest BCUT2D eigenvalue weighted by Gasteiger charge is -2.36. The smallest absolute Gasteiger partial charge is 0.204 e. The van der Waals surface area contributed by atoms with E-state index in [1.165, 1.54) is 0 Å². The highest BCUT2D eigenvalue weighted by molar-refractivity contribution is 6.05. The highest BCUT2D eigenvalue weighted by Gasteiger charge is 2.39. The number of allylic oxidation sites excluding steroid dienone is 3. The van der Waals surface area contributed by atoms with Crippen LogP contribution in [-0.2, 0) is 0 Å². The number of carbonyl (C=O) groups is 1. The van der Waals surface area contributed by atoms with Gasteiger partial charge < -0.3 is 15.0 Å². The molecule has 0 aliphatic heterocycles. The molecule has 0 spiro atoms. The first-order valence-electron chi connectivity index (χ1n) is 9.99. The lowest BCUT2D eigenvalue weighted by molar-refractivity contribution is 0.0917. The van der Waals surface area contributed by atoms with Gasteiger partial charge in [0.1, 0.15) is 17.5 Å². The van der Waals surface area contributed by atoms with Crippen molar-refractivity contribution in [2.24, 2.45) is 5.41 Å². The Morgan fingerprint density at radius 3 is 2.73 bits per heavy atom. The first kappa shape index (κ1) is 19.7. The summed E-state index contributed by atoms with van der Waals surface area (Å²) in [4.78, 5) is 21.4. The Kier molecular flexibility index (Phi) is 5.53. The van der Waals surface area contributed by atoms with E-state index in [0.29, 0.717) is 11.4 Å². The standard InChI is InChI=1S/C25H25N3O2/c1-25(14-7-4-8-15-25)24(28-19-12-9-13-20(16-19)30-2)23(29)22-21(26-17-27-22)18-10-5-3-6-11-18/h3-14,16-17,24,28H,15H2,1-2H3,(H,26,27). The molecule has 5 heteroatoms. The van der Waals surface area contributed by atoms with E-state index in [1.807, 2.05) is 66.7 Å². The van der Waals surface area contributed by atoms with E-state index >= 15 is 0 Å². The largest absolute Gasteiger partial charge is 0.497 e. The molecule has 5 nitrogen and oxygen atoms in total. The van der Waals surface area contributed by atoms with Crippen molar-refractivity contribution < 1.29 is 9.53 Å². The minimum Gasteiger partial charge on any atom is -0.497 e. The minimum absolute atomic E-state index is 0.0309. The fourth-order valence-corrected chi connectivity index (χ4v) is 3.81. The molecule has 1 aliphatic carbocycles. The number of imidazole rings is 1. The number of nitrogens with zero attached hydrogens (tertiary/aromatic N) is 1. The van der Waals surface area contributed by atoms with Crippen molar-refractivity contribution >= 4 is 11.5 Å². The highest BCUT2D eigenvalue weighted by atomic mass is 16.5. The summed E-state index contributed by atoms with van der Waals surface area (Å²) in [5.41, 5.74) is 2.51. The van der Waals surface area contributed by atoms with Crippen LogP contribution in [0.2, 0.25) is 0 Å². The lowest BCUT2D eigenvalue weighted by atomic mass is 9.74. The molecule has 0 saturated carbocycles. The quantitative estimate of drug-likeness (QED) is 0.531. The van der Waals surface area contributed by atoms with Gasteiger partial charge in [0.2, 0.25) is 5.78 Å². The lowest BCUT2D eigenvalue weighted by Crippen LogP contribution is -2.44. The highest BCUT2D eigenvalue weighted by Crippen LogP contribution is 2.36. The van der Waals surface area contributed by atoms with Gasteiger partial charge >= 0.3 is 0 Å². The van der Waals surface area contributed by atoms with Crippen LogP contribution in [0, 0.1) is 5.41 Å². The number of Topliss-reactive ketones (excluding diaryl/α,β-unsaturated/α-hetero) is 1. The van der Waals surface area contributed by atoms with Crippen LogP contribution in [0.25, 0.3) is 11.3 Å². The van der Waals surface area contributed by atoms with Gasteiger partial charge in [0.15, 0.2) is 0 Å². The van der Waals surface area contributed by atoms with Crippen molar-refractivity contribution in [1.82, 2.24) is 9.97 Å². The Labute approximate surface area is 176 Å². The summed E-state index contributed by atoms with van der Waals surface area (Å²) in [7, 11) is 1.63. The van der Waals surface area contributed by atoms with E-state index in [9.17, 15) is 4.79 Å². The summed E-state index contributed by atoms with van der Waals surface area (Å²) < 4.78 is 5.35. The Morgan fingerprint density at radius 2 is 2.00 bits per heavy atom. The molecule has 1 heterocycles. The van der Waals surface area contributed by atoms with Crippen molar-refractivity contribution in [3.05, 3.63) is 90.9 Å². The van der Waals surface area contributed by atoms with Gasteiger partial charge in [-0.2, -0.15) is 0 Å². The predicted octanol–water partition coefficient (Wildman–Crippen LogP) is 5.27. The molecule has 4 rings (SSSR count). The van der Waals surface area contributed by atoms with E-state index in [1.54, 1.807) is 13.4 Å². The number of ketones is 1. The van der Waals surface area contributed by atoms with Crippen molar-refractivity contribution in [3.63, 3.8) is 0 Å². The average molecular weight is 399 g/mol. The van der Waals surface area contributed by atoms with Crippen LogP contribution in [0.1, 0.15) is 23.8 Å². The molecule has 2 atom stereocenters. The fourth-order valence-electron chi connectivity index (χ4n) is 3.81. The number of benzene rings is 2. The minimum atomic E-state index is -0.492. The van der Waals surface area contributed by atoms with Gasteiger partial charge in [0.25, 0.3) is 0 Å². The molecular weight excluding hydrogens is 374 g/mol. The first-order valence-corrected chi connectivity index (χ1v) is 9.99. The van der Waals surface area contributed by atoms with E-state index in [0.717, 1.165) is 23.4 Å². The summed E-state index contributed by atoms with van der Waals surface area (Å²) in [6.45, 7) is 2.10. The topological polar surface area (TPSA) is 67.0 Å². The number of nitrogens with one attached hydrogen (secondary N) is 2. The number of hydrogen-bond donors (Lipinski definition) is 2. The van der Waals surface area contributed by atoms with Crippen LogP contribution in [0.5, 0.6) is 5.75 Å². The zero-order valence-electron chi connectivity index (χ0n) is 17.1. The van der Waals surface area contributed by atoms with E-state index in [-0.39, 0.29) is 5.78 Å². The normalized spacial score (nSPS) is 18.7. The van der Waals surface area contributed by atoms with Gasteiger partial charge in [-0.05, 0) is 18.6 Å². The van der Waals surface area contributed by atoms with E-state index in [2.05, 4.69) is 34.4 Å². The van der Waals surface area contributed by atoms with Crippen LogP contribution in [0.3, 0.4) is 0 Å². The predicted molar refractivity (Wildman–Crippen MR) is 120 cm³/mol. The van der Waals surface area contributed by atoms with Crippen molar-refractivity contribution in [2.45, 2.75) is 19.4 Å². The van der Waals surface area contributed by atoms with Gasteiger partial charge in [-0.15, -0.1) is 0 Å². The van der Waals surface area contributed by atoms with E-state index in [4.69, 9.17) is 4.74 Å². The number of methoxy groups -OCH3 is 1. The van der Waals surface area contributed by atoms with Gasteiger partial charge in [0.05, 0.1) is 19.1 Å². The maximum absolute atomic E-state index is 13.8. The summed E-state index contributed by atoms with van der Waals surface area (Å²) in [6, 6.07) is 16.9. The SMILES string of the molecule is COc1cccc(NC(C(=O)c2[nH]cnc2-c2ccccc2)C2(C)C=CC=CC2)c1. The number of rotatable bonds is 7. The van der Waals surface area contributed by atoms with E-state index < -0.39 is 11.5 Å². The fraction of sp³-hybridized carbons (Fsp3) is 0.200. The van der Waals surface area contributed by atoms with Crippen LogP contribution in [-0.4, -0.2) is 28.9 Å². The van der Waals surface area contributed by atoms with Crippen molar-refractivity contribution in [3.8, 4) is 17.0 Å². The zero-order valence-corrected chi connectivity index (χ0v) is 17.1. The maximum atomic E-state index is 13.8. The van der Waals surface area contributed by atoms with Gasteiger partial charge in [-0.1, -0.05) is 67.6 Å². The summed E-state index contributed by atoms with van der Waals surface area (Å²) >= 11 is 0. The molecule has 3 aromatic rings. The van der Waals surface area contributed by atoms with Crippen LogP contribution >= 0.6 is 0 Å². The Balaban J connectivity index is 1.73. The average Bonchev–Trinajstić information content (AvgIpc) is 3.28. The van der Waals surface area contributed by atoms with Gasteiger partial charge in [-0.25, -0.2) is 4.98 Å². The van der Waals surface area contributed by atoms with Crippen molar-refractivity contribution in [2.75, 3.05) is 12.4 Å². The molecule has 1 aliphatic rings. The monoisotopic (exact) mass is 399 g/mol. The summed E-state index contributed by atoms with van der Waals surface area (Å²) in [5.74, 6) is 0.707. The second kappa shape index (κ2) is 8.41. The summed E-state index contributed by atoms with van der Waals surface area (Å²) in [6.07, 6.45) is 10.5. The van der Waals surface area contributed by atoms with Gasteiger partial charge in [0, 0.05) is 22.7 Å². The third kappa shape index (κ3) is 3.92. The number of hydrogen-bond acceptors (Lipinski definition) is 4. The number of aromatic nitrogens is 2. The molecule has 1 aromatic heterocycles. The molecule has 152 valence electrons. The molecule has 2 unspecified atom stereocenters. The number of H-pyrrole nitrogens is 1. The molecule has 0 bridgehead atoms. The zero-order chi connectivity index (χ0) is 21.0. The third-order valence-electron chi connectivity index (χ3n) is 5.52. The number of anilines is 1. The second-order valence-electron chi connectivity index (χ2n) is 7.66. The summed E-state index contributed by atoms with van der Waals surface area (Å²) in [5, 5.41) is 3.47. The Bertz CT molecular complexity index is 1080. The van der Waals surface area contributed by atoms with Crippen LogP contribution in [0.15, 0.2) is 85.2 Å². The molecule has 2 N–H and O–H groups in total. The number of aromatic amines is 1. The number of carbonyl (C=O) groups excluding carboxylic acids is 1. The Hall–Kier alpha value is -3.60. The van der Waals surface area contributed by atoms with Crippen LogP contribution < -0.4 is 10.1 Å². The molecule has 0 amide bonds. The molecule has 0 radical (unpaired) electrons. The Morgan fingerprint density at radius 1 is 1.17 bits per heavy atom. The first-order chi connectivity index (χ1) is 14.6. The molecule has 0 fully saturated rings. The maximum Gasteiger partial charge on any atom is 0.204 e. The molecule has 30 heavy (non-hydrogen) atoms. The van der Waals surface area contributed by atoms with Gasteiger partial charge in [-0.3, -0.25) is 4.79 Å². The molecular formula is C25H25N3O2. The van der Waals surface area contributed by atoms with Crippen LogP contribution in [0.4, 0.5) is 5.69 Å². The third-order valence-corrected chi connectivity index (χ3v) is 5.52. The molecule has 0 saturated heterocycles. The number of ether oxygens (including phenoxy) is 1. The second-order valence-corrected chi connectivity index (χ2v) is 7.66. The van der Waals surface area contributed by atoms with Crippen molar-refractivity contribution in [1.29, 1.82) is 0 Å². The molecule has 2 aromatic carbocycles.